The summed E-state index contributed by atoms with van der Waals surface area (Å²) in [6.07, 6.45) is 3.95. The highest BCUT2D eigenvalue weighted by Crippen LogP contribution is 2.34. The molecule has 26 heavy (non-hydrogen) atoms. The molecular formula is C20H26N2O4. The highest BCUT2D eigenvalue weighted by Gasteiger charge is 2.33. The van der Waals surface area contributed by atoms with Gasteiger partial charge in [-0.05, 0) is 43.2 Å². The van der Waals surface area contributed by atoms with Gasteiger partial charge in [0.2, 0.25) is 11.8 Å². The third-order valence-corrected chi connectivity index (χ3v) is 5.59. The Balaban J connectivity index is 1.66. The Labute approximate surface area is 153 Å². The van der Waals surface area contributed by atoms with E-state index in [0.29, 0.717) is 19.5 Å². The lowest BCUT2D eigenvalue weighted by Crippen LogP contribution is -2.43. The number of benzene rings is 1. The number of rotatable bonds is 4. The summed E-state index contributed by atoms with van der Waals surface area (Å²) in [5.74, 6) is -1.12. The maximum atomic E-state index is 13.1. The van der Waals surface area contributed by atoms with Gasteiger partial charge in [-0.2, -0.15) is 0 Å². The fourth-order valence-corrected chi connectivity index (χ4v) is 4.29. The molecule has 1 fully saturated rings. The van der Waals surface area contributed by atoms with Crippen LogP contribution in [0.2, 0.25) is 0 Å². The van der Waals surface area contributed by atoms with Crippen LogP contribution in [0.1, 0.15) is 49.7 Å². The van der Waals surface area contributed by atoms with E-state index in [1.807, 2.05) is 17.0 Å². The minimum absolute atomic E-state index is 0.0642. The van der Waals surface area contributed by atoms with Gasteiger partial charge in [-0.25, -0.2) is 0 Å². The van der Waals surface area contributed by atoms with E-state index in [2.05, 4.69) is 12.1 Å². The number of amides is 2. The zero-order valence-corrected chi connectivity index (χ0v) is 15.2. The lowest BCUT2D eigenvalue weighted by molar-refractivity contribution is -0.145. The molecule has 6 nitrogen and oxygen atoms in total. The molecule has 2 atom stereocenters. The number of hydrogen-bond acceptors (Lipinski definition) is 3. The van der Waals surface area contributed by atoms with Crippen molar-refractivity contribution in [1.29, 1.82) is 0 Å². The first-order valence-corrected chi connectivity index (χ1v) is 9.33. The van der Waals surface area contributed by atoms with Crippen molar-refractivity contribution in [2.45, 2.75) is 51.0 Å². The maximum Gasteiger partial charge on any atom is 0.323 e. The van der Waals surface area contributed by atoms with Gasteiger partial charge < -0.3 is 14.9 Å². The molecule has 6 heteroatoms. The molecule has 3 rings (SSSR count). The molecule has 0 aromatic heterocycles. The SMILES string of the molecule is CC(=O)N(CC(=O)O)C1CCCN(C(=O)C2CCc3ccccc32)CC1. The van der Waals surface area contributed by atoms with E-state index in [0.717, 1.165) is 31.2 Å². The van der Waals surface area contributed by atoms with Crippen molar-refractivity contribution in [3.8, 4) is 0 Å². The zero-order valence-electron chi connectivity index (χ0n) is 15.2. The van der Waals surface area contributed by atoms with E-state index < -0.39 is 5.97 Å². The minimum Gasteiger partial charge on any atom is -0.480 e. The molecule has 1 saturated heterocycles. The van der Waals surface area contributed by atoms with E-state index in [1.54, 1.807) is 0 Å². The van der Waals surface area contributed by atoms with E-state index in [-0.39, 0.29) is 30.3 Å². The fourth-order valence-electron chi connectivity index (χ4n) is 4.29. The molecule has 2 unspecified atom stereocenters. The van der Waals surface area contributed by atoms with Gasteiger partial charge in [-0.15, -0.1) is 0 Å². The number of aliphatic carboxylic acids is 1. The Bertz CT molecular complexity index is 703. The second-order valence-corrected chi connectivity index (χ2v) is 7.24. The number of likely N-dealkylation sites (tertiary alicyclic amines) is 1. The number of carboxylic acids is 1. The van der Waals surface area contributed by atoms with Crippen molar-refractivity contribution >= 4 is 17.8 Å². The van der Waals surface area contributed by atoms with Gasteiger partial charge in [-0.3, -0.25) is 14.4 Å². The highest BCUT2D eigenvalue weighted by atomic mass is 16.4. The Morgan fingerprint density at radius 1 is 1.15 bits per heavy atom. The molecule has 0 spiro atoms. The lowest BCUT2D eigenvalue weighted by Gasteiger charge is -2.29. The largest absolute Gasteiger partial charge is 0.480 e. The second-order valence-electron chi connectivity index (χ2n) is 7.24. The summed E-state index contributed by atoms with van der Waals surface area (Å²) < 4.78 is 0. The van der Waals surface area contributed by atoms with Gasteiger partial charge in [0, 0.05) is 26.1 Å². The van der Waals surface area contributed by atoms with Crippen LogP contribution in [0.3, 0.4) is 0 Å². The van der Waals surface area contributed by atoms with Crippen molar-refractivity contribution in [1.82, 2.24) is 9.80 Å². The Morgan fingerprint density at radius 3 is 2.65 bits per heavy atom. The van der Waals surface area contributed by atoms with Gasteiger partial charge in [0.25, 0.3) is 0 Å². The van der Waals surface area contributed by atoms with Crippen molar-refractivity contribution < 1.29 is 19.5 Å². The standard InChI is InChI=1S/C20H26N2O4/c1-14(23)22(13-19(24)25)16-6-4-11-21(12-10-16)20(26)18-9-8-15-5-2-3-7-17(15)18/h2-3,5,7,16,18H,4,6,8-13H2,1H3,(H,24,25). The number of hydrogen-bond donors (Lipinski definition) is 1. The minimum atomic E-state index is -1.00. The molecule has 1 aromatic carbocycles. The average Bonchev–Trinajstić information content (AvgIpc) is 2.88. The second kappa shape index (κ2) is 7.89. The number of carboxylic acid groups (broad SMARTS) is 1. The summed E-state index contributed by atoms with van der Waals surface area (Å²) in [4.78, 5) is 39.3. The van der Waals surface area contributed by atoms with Gasteiger partial charge in [0.1, 0.15) is 6.54 Å². The van der Waals surface area contributed by atoms with E-state index in [4.69, 9.17) is 5.11 Å². The topological polar surface area (TPSA) is 77.9 Å². The molecule has 2 aliphatic rings. The van der Waals surface area contributed by atoms with Crippen LogP contribution in [0, 0.1) is 0 Å². The van der Waals surface area contributed by atoms with Crippen molar-refractivity contribution in [2.75, 3.05) is 19.6 Å². The molecule has 1 aliphatic carbocycles. The molecule has 1 heterocycles. The van der Waals surface area contributed by atoms with Gasteiger partial charge in [-0.1, -0.05) is 24.3 Å². The first kappa shape index (κ1) is 18.4. The summed E-state index contributed by atoms with van der Waals surface area (Å²) in [6, 6.07) is 8.03. The Morgan fingerprint density at radius 2 is 1.92 bits per heavy atom. The maximum absolute atomic E-state index is 13.1. The molecular weight excluding hydrogens is 332 g/mol. The van der Waals surface area contributed by atoms with Crippen LogP contribution in [0.4, 0.5) is 0 Å². The van der Waals surface area contributed by atoms with Crippen molar-refractivity contribution in [3.63, 3.8) is 0 Å². The van der Waals surface area contributed by atoms with Crippen LogP contribution in [0.25, 0.3) is 0 Å². The van der Waals surface area contributed by atoms with Crippen LogP contribution in [-0.4, -0.2) is 58.4 Å². The van der Waals surface area contributed by atoms with Crippen molar-refractivity contribution in [2.24, 2.45) is 0 Å². The quantitative estimate of drug-likeness (QED) is 0.893. The van der Waals surface area contributed by atoms with Crippen LogP contribution in [0.5, 0.6) is 0 Å². The number of fused-ring (bicyclic) bond motifs is 1. The number of aryl methyl sites for hydroxylation is 1. The van der Waals surface area contributed by atoms with Crippen LogP contribution >= 0.6 is 0 Å². The van der Waals surface area contributed by atoms with Gasteiger partial charge in [0.15, 0.2) is 0 Å². The normalized spacial score (nSPS) is 22.4. The summed E-state index contributed by atoms with van der Waals surface area (Å²) >= 11 is 0. The number of carbonyl (C=O) groups is 3. The molecule has 0 bridgehead atoms. The summed E-state index contributed by atoms with van der Waals surface area (Å²) in [7, 11) is 0. The van der Waals surface area contributed by atoms with Crippen LogP contribution < -0.4 is 0 Å². The van der Waals surface area contributed by atoms with Crippen LogP contribution in [0.15, 0.2) is 24.3 Å². The zero-order chi connectivity index (χ0) is 18.7. The molecule has 140 valence electrons. The summed E-state index contributed by atoms with van der Waals surface area (Å²) in [6.45, 7) is 2.38. The monoisotopic (exact) mass is 358 g/mol. The third kappa shape index (κ3) is 3.89. The van der Waals surface area contributed by atoms with Gasteiger partial charge >= 0.3 is 5.97 Å². The van der Waals surface area contributed by atoms with E-state index in [9.17, 15) is 14.4 Å². The lowest BCUT2D eigenvalue weighted by atomic mass is 9.99. The Kier molecular flexibility index (Phi) is 5.59. The molecule has 2 amide bonds. The molecule has 0 radical (unpaired) electrons. The summed E-state index contributed by atoms with van der Waals surface area (Å²) in [5, 5.41) is 9.05. The molecule has 1 N–H and O–H groups in total. The first-order valence-electron chi connectivity index (χ1n) is 9.33. The third-order valence-electron chi connectivity index (χ3n) is 5.59. The van der Waals surface area contributed by atoms with E-state index in [1.165, 1.54) is 17.4 Å². The average molecular weight is 358 g/mol. The predicted octanol–water partition coefficient (Wildman–Crippen LogP) is 2.03. The van der Waals surface area contributed by atoms with Crippen molar-refractivity contribution in [3.05, 3.63) is 35.4 Å². The molecule has 1 aromatic rings. The summed E-state index contributed by atoms with van der Waals surface area (Å²) in [5.41, 5.74) is 2.41. The van der Waals surface area contributed by atoms with Crippen LogP contribution in [-0.2, 0) is 20.8 Å². The smallest absolute Gasteiger partial charge is 0.323 e. The Hall–Kier alpha value is -2.37. The number of carbonyl (C=O) groups excluding carboxylic acids is 2. The highest BCUT2D eigenvalue weighted by molar-refractivity contribution is 5.85. The van der Waals surface area contributed by atoms with E-state index >= 15 is 0 Å². The predicted molar refractivity (Wildman–Crippen MR) is 96.7 cm³/mol. The number of nitrogens with zero attached hydrogens (tertiary/aromatic N) is 2. The molecule has 0 saturated carbocycles. The molecule has 1 aliphatic heterocycles. The first-order chi connectivity index (χ1) is 12.5. The van der Waals surface area contributed by atoms with Gasteiger partial charge in [0.05, 0.1) is 5.92 Å². The fraction of sp³-hybridized carbons (Fsp3) is 0.550.